The third-order valence-electron chi connectivity index (χ3n) is 2.16. The maximum absolute atomic E-state index is 8.96. The Kier molecular flexibility index (Phi) is 6.50. The highest BCUT2D eigenvalue weighted by Crippen LogP contribution is 2.10. The average Bonchev–Trinajstić information content (AvgIpc) is 2.30. The Morgan fingerprint density at radius 2 is 2.00 bits per heavy atom. The molecule has 2 nitrogen and oxygen atoms in total. The number of hydrogen-bond donors (Lipinski definition) is 1. The van der Waals surface area contributed by atoms with Crippen molar-refractivity contribution in [1.29, 1.82) is 0 Å². The molecule has 0 aliphatic rings. The molecule has 16 heavy (non-hydrogen) atoms. The molecule has 0 aliphatic carbocycles. The normalized spacial score (nSPS) is 12.1. The van der Waals surface area contributed by atoms with Crippen LogP contribution in [0, 0.1) is 0 Å². The molecule has 0 unspecified atom stereocenters. The maximum Gasteiger partial charge on any atom is 0.0558 e. The summed E-state index contributed by atoms with van der Waals surface area (Å²) < 4.78 is 0. The monoisotopic (exact) mass is 259 g/mol. The second kappa shape index (κ2) is 7.69. The van der Waals surface area contributed by atoms with Crippen LogP contribution in [0.5, 0.6) is 0 Å². The fourth-order valence-electron chi connectivity index (χ4n) is 1.45. The van der Waals surface area contributed by atoms with E-state index in [1.165, 1.54) is 11.1 Å². The molecule has 88 valence electrons. The fourth-order valence-corrected chi connectivity index (χ4v) is 1.68. The molecule has 0 saturated heterocycles. The van der Waals surface area contributed by atoms with E-state index in [4.69, 9.17) is 28.3 Å². The highest BCUT2D eigenvalue weighted by atomic mass is 35.5. The SMILES string of the molecule is OCCN(CC(Cl)=CCl)Cc1ccccc1. The van der Waals surface area contributed by atoms with E-state index in [1.807, 2.05) is 35.2 Å². The Morgan fingerprint density at radius 1 is 1.31 bits per heavy atom. The van der Waals surface area contributed by atoms with Gasteiger partial charge in [0.15, 0.2) is 0 Å². The fraction of sp³-hybridized carbons (Fsp3) is 0.333. The molecule has 1 aromatic carbocycles. The van der Waals surface area contributed by atoms with Crippen LogP contribution in [-0.2, 0) is 6.54 Å². The average molecular weight is 260 g/mol. The van der Waals surface area contributed by atoms with Crippen molar-refractivity contribution < 1.29 is 5.11 Å². The summed E-state index contributed by atoms with van der Waals surface area (Å²) in [6.07, 6.45) is 0. The molecule has 0 amide bonds. The van der Waals surface area contributed by atoms with Gasteiger partial charge in [0.2, 0.25) is 0 Å². The van der Waals surface area contributed by atoms with E-state index < -0.39 is 0 Å². The van der Waals surface area contributed by atoms with E-state index in [2.05, 4.69) is 0 Å². The summed E-state index contributed by atoms with van der Waals surface area (Å²) in [4.78, 5) is 2.04. The van der Waals surface area contributed by atoms with Crippen molar-refractivity contribution in [2.24, 2.45) is 0 Å². The summed E-state index contributed by atoms with van der Waals surface area (Å²) in [6, 6.07) is 10.0. The van der Waals surface area contributed by atoms with Crippen LogP contribution in [0.2, 0.25) is 0 Å². The summed E-state index contributed by atoms with van der Waals surface area (Å²) >= 11 is 11.4. The Balaban J connectivity index is 2.57. The molecule has 0 atom stereocenters. The molecule has 0 heterocycles. The van der Waals surface area contributed by atoms with Gasteiger partial charge in [-0.05, 0) is 5.56 Å². The zero-order valence-corrected chi connectivity index (χ0v) is 10.5. The lowest BCUT2D eigenvalue weighted by Gasteiger charge is -2.20. The van der Waals surface area contributed by atoms with Gasteiger partial charge in [0.25, 0.3) is 0 Å². The highest BCUT2D eigenvalue weighted by Gasteiger charge is 2.06. The number of nitrogens with zero attached hydrogens (tertiary/aromatic N) is 1. The number of benzene rings is 1. The first-order valence-electron chi connectivity index (χ1n) is 5.08. The lowest BCUT2D eigenvalue weighted by Crippen LogP contribution is -2.27. The van der Waals surface area contributed by atoms with Gasteiger partial charge in [0.05, 0.1) is 6.61 Å². The van der Waals surface area contributed by atoms with Crippen LogP contribution in [0.1, 0.15) is 5.56 Å². The molecule has 0 fully saturated rings. The number of halogens is 2. The van der Waals surface area contributed by atoms with E-state index in [-0.39, 0.29) is 6.61 Å². The van der Waals surface area contributed by atoms with Gasteiger partial charge in [-0.15, -0.1) is 0 Å². The minimum Gasteiger partial charge on any atom is -0.395 e. The van der Waals surface area contributed by atoms with Crippen molar-refractivity contribution in [1.82, 2.24) is 4.90 Å². The standard InChI is InChI=1S/C12H15Cl2NO/c13-8-12(14)10-15(6-7-16)9-11-4-2-1-3-5-11/h1-5,8,16H,6-7,9-10H2. The molecule has 4 heteroatoms. The van der Waals surface area contributed by atoms with Gasteiger partial charge in [0, 0.05) is 30.2 Å². The quantitative estimate of drug-likeness (QED) is 0.850. The predicted octanol–water partition coefficient (Wildman–Crippen LogP) is 2.80. The van der Waals surface area contributed by atoms with Gasteiger partial charge >= 0.3 is 0 Å². The van der Waals surface area contributed by atoms with Crippen molar-refractivity contribution in [3.05, 3.63) is 46.5 Å². The molecule has 1 aromatic rings. The second-order valence-electron chi connectivity index (χ2n) is 3.48. The van der Waals surface area contributed by atoms with Crippen LogP contribution in [-0.4, -0.2) is 29.7 Å². The summed E-state index contributed by atoms with van der Waals surface area (Å²) in [7, 11) is 0. The molecule has 1 rings (SSSR count). The number of rotatable bonds is 6. The molecule has 1 N–H and O–H groups in total. The third kappa shape index (κ3) is 4.99. The van der Waals surface area contributed by atoms with Gasteiger partial charge in [-0.3, -0.25) is 4.90 Å². The summed E-state index contributed by atoms with van der Waals surface area (Å²) in [5.74, 6) is 0. The molecule has 0 spiro atoms. The van der Waals surface area contributed by atoms with E-state index in [9.17, 15) is 0 Å². The van der Waals surface area contributed by atoms with Crippen molar-refractivity contribution in [3.63, 3.8) is 0 Å². The summed E-state index contributed by atoms with van der Waals surface area (Å²) in [6.45, 7) is 2.00. The van der Waals surface area contributed by atoms with Crippen LogP contribution in [0.15, 0.2) is 40.9 Å². The largest absolute Gasteiger partial charge is 0.395 e. The van der Waals surface area contributed by atoms with Crippen LogP contribution in [0.25, 0.3) is 0 Å². The number of aliphatic hydroxyl groups is 1. The number of hydrogen-bond acceptors (Lipinski definition) is 2. The Bertz CT molecular complexity index is 327. The van der Waals surface area contributed by atoms with Crippen LogP contribution < -0.4 is 0 Å². The van der Waals surface area contributed by atoms with Crippen LogP contribution in [0.4, 0.5) is 0 Å². The Hall–Kier alpha value is -0.540. The minimum atomic E-state index is 0.110. The minimum absolute atomic E-state index is 0.110. The van der Waals surface area contributed by atoms with Crippen LogP contribution >= 0.6 is 23.2 Å². The van der Waals surface area contributed by atoms with Crippen molar-refractivity contribution in [2.75, 3.05) is 19.7 Å². The Morgan fingerprint density at radius 3 is 2.56 bits per heavy atom. The predicted molar refractivity (Wildman–Crippen MR) is 68.6 cm³/mol. The zero-order valence-electron chi connectivity index (χ0n) is 8.94. The molecular formula is C12H15Cl2NO. The third-order valence-corrected chi connectivity index (χ3v) is 2.76. The zero-order chi connectivity index (χ0) is 11.8. The molecule has 0 bridgehead atoms. The van der Waals surface area contributed by atoms with Gasteiger partial charge in [-0.2, -0.15) is 0 Å². The topological polar surface area (TPSA) is 23.5 Å². The molecule has 0 radical (unpaired) electrons. The van der Waals surface area contributed by atoms with Gasteiger partial charge in [-0.1, -0.05) is 53.5 Å². The van der Waals surface area contributed by atoms with E-state index in [0.717, 1.165) is 6.54 Å². The first kappa shape index (κ1) is 13.5. The van der Waals surface area contributed by atoms with E-state index in [0.29, 0.717) is 18.1 Å². The molecule has 0 saturated carbocycles. The molecular weight excluding hydrogens is 245 g/mol. The first-order valence-corrected chi connectivity index (χ1v) is 5.89. The number of aliphatic hydroxyl groups excluding tert-OH is 1. The van der Waals surface area contributed by atoms with Crippen molar-refractivity contribution in [3.8, 4) is 0 Å². The lowest BCUT2D eigenvalue weighted by molar-refractivity contribution is 0.202. The highest BCUT2D eigenvalue weighted by molar-refractivity contribution is 6.36. The lowest BCUT2D eigenvalue weighted by atomic mass is 10.2. The second-order valence-corrected chi connectivity index (χ2v) is 4.18. The molecule has 0 aromatic heterocycles. The smallest absolute Gasteiger partial charge is 0.0558 e. The Labute approximate surface area is 106 Å². The van der Waals surface area contributed by atoms with Crippen LogP contribution in [0.3, 0.4) is 0 Å². The first-order chi connectivity index (χ1) is 7.76. The maximum atomic E-state index is 8.96. The van der Waals surface area contributed by atoms with E-state index in [1.54, 1.807) is 0 Å². The van der Waals surface area contributed by atoms with Crippen molar-refractivity contribution in [2.45, 2.75) is 6.54 Å². The van der Waals surface area contributed by atoms with E-state index >= 15 is 0 Å². The molecule has 0 aliphatic heterocycles. The van der Waals surface area contributed by atoms with Gasteiger partial charge < -0.3 is 5.11 Å². The summed E-state index contributed by atoms with van der Waals surface area (Å²) in [5.41, 5.74) is 2.55. The van der Waals surface area contributed by atoms with Crippen molar-refractivity contribution >= 4 is 23.2 Å². The van der Waals surface area contributed by atoms with Gasteiger partial charge in [-0.25, -0.2) is 0 Å². The summed E-state index contributed by atoms with van der Waals surface area (Å²) in [5, 5.41) is 9.54. The van der Waals surface area contributed by atoms with Gasteiger partial charge in [0.1, 0.15) is 0 Å².